The summed E-state index contributed by atoms with van der Waals surface area (Å²) in [6, 6.07) is 0.468. The topological polar surface area (TPSA) is 56.3 Å². The first-order valence-corrected chi connectivity index (χ1v) is 7.22. The molecule has 5 nitrogen and oxygen atoms in total. The standard InChI is InChI=1S/C14H26N4O/c1-5-12-8-18(10(2)3)14(16-12)17-6-7-19-13(9-17)11(4)15/h8,10-11,13H,5-7,9,15H2,1-4H3. The fourth-order valence-corrected chi connectivity index (χ4v) is 2.39. The first-order chi connectivity index (χ1) is 9.02. The third kappa shape index (κ3) is 3.09. The molecule has 2 unspecified atom stereocenters. The first kappa shape index (κ1) is 14.3. The van der Waals surface area contributed by atoms with Crippen molar-refractivity contribution in [2.24, 2.45) is 5.73 Å². The molecule has 0 bridgehead atoms. The smallest absolute Gasteiger partial charge is 0.206 e. The molecule has 2 rings (SSSR count). The van der Waals surface area contributed by atoms with Crippen LogP contribution in [0.4, 0.5) is 5.95 Å². The molecule has 2 heterocycles. The molecule has 0 radical (unpaired) electrons. The maximum absolute atomic E-state index is 5.96. The molecule has 5 heteroatoms. The van der Waals surface area contributed by atoms with Crippen LogP contribution in [0.15, 0.2) is 6.20 Å². The summed E-state index contributed by atoms with van der Waals surface area (Å²) in [5.41, 5.74) is 7.10. The number of aromatic nitrogens is 2. The molecular weight excluding hydrogens is 240 g/mol. The second kappa shape index (κ2) is 5.92. The lowest BCUT2D eigenvalue weighted by Crippen LogP contribution is -2.50. The summed E-state index contributed by atoms with van der Waals surface area (Å²) in [5, 5.41) is 0. The molecule has 0 amide bonds. The Balaban J connectivity index is 2.22. The number of aryl methyl sites for hydroxylation is 1. The minimum Gasteiger partial charge on any atom is -0.373 e. The molecule has 0 aromatic carbocycles. The number of nitrogens with zero attached hydrogens (tertiary/aromatic N) is 3. The number of hydrogen-bond donors (Lipinski definition) is 1. The normalized spacial score (nSPS) is 22.0. The van der Waals surface area contributed by atoms with E-state index in [1.165, 1.54) is 0 Å². The lowest BCUT2D eigenvalue weighted by atomic mass is 10.1. The van der Waals surface area contributed by atoms with E-state index in [1.807, 2.05) is 6.92 Å². The highest BCUT2D eigenvalue weighted by Crippen LogP contribution is 2.22. The van der Waals surface area contributed by atoms with Gasteiger partial charge in [0.25, 0.3) is 0 Å². The quantitative estimate of drug-likeness (QED) is 0.899. The van der Waals surface area contributed by atoms with Gasteiger partial charge in [-0.2, -0.15) is 0 Å². The zero-order chi connectivity index (χ0) is 14.0. The Morgan fingerprint density at radius 1 is 1.47 bits per heavy atom. The summed E-state index contributed by atoms with van der Waals surface area (Å²) in [5.74, 6) is 1.06. The van der Waals surface area contributed by atoms with Crippen molar-refractivity contribution in [3.8, 4) is 0 Å². The van der Waals surface area contributed by atoms with Gasteiger partial charge in [0.15, 0.2) is 0 Å². The Hall–Kier alpha value is -1.07. The highest BCUT2D eigenvalue weighted by Gasteiger charge is 2.26. The van der Waals surface area contributed by atoms with Gasteiger partial charge in [-0.1, -0.05) is 6.92 Å². The van der Waals surface area contributed by atoms with Gasteiger partial charge in [0.1, 0.15) is 0 Å². The average Bonchev–Trinajstić information content (AvgIpc) is 2.83. The number of morpholine rings is 1. The van der Waals surface area contributed by atoms with Gasteiger partial charge in [0.2, 0.25) is 5.95 Å². The summed E-state index contributed by atoms with van der Waals surface area (Å²) >= 11 is 0. The van der Waals surface area contributed by atoms with Crippen molar-refractivity contribution in [3.05, 3.63) is 11.9 Å². The summed E-state index contributed by atoms with van der Waals surface area (Å²) < 4.78 is 7.97. The number of rotatable bonds is 4. The van der Waals surface area contributed by atoms with Gasteiger partial charge in [0.05, 0.1) is 18.4 Å². The van der Waals surface area contributed by atoms with Crippen molar-refractivity contribution >= 4 is 5.95 Å². The number of anilines is 1. The Morgan fingerprint density at radius 3 is 2.79 bits per heavy atom. The first-order valence-electron chi connectivity index (χ1n) is 7.22. The summed E-state index contributed by atoms with van der Waals surface area (Å²) in [7, 11) is 0. The lowest BCUT2D eigenvalue weighted by molar-refractivity contribution is 0.0268. The molecule has 19 heavy (non-hydrogen) atoms. The van der Waals surface area contributed by atoms with E-state index in [1.54, 1.807) is 0 Å². The van der Waals surface area contributed by atoms with Crippen LogP contribution in [-0.2, 0) is 11.2 Å². The van der Waals surface area contributed by atoms with E-state index >= 15 is 0 Å². The predicted molar refractivity (Wildman–Crippen MR) is 77.6 cm³/mol. The van der Waals surface area contributed by atoms with Crippen molar-refractivity contribution in [2.45, 2.75) is 52.3 Å². The van der Waals surface area contributed by atoms with Crippen LogP contribution >= 0.6 is 0 Å². The fourth-order valence-electron chi connectivity index (χ4n) is 2.39. The summed E-state index contributed by atoms with van der Waals surface area (Å²) in [6.45, 7) is 10.9. The predicted octanol–water partition coefficient (Wildman–Crippen LogP) is 1.58. The van der Waals surface area contributed by atoms with Crippen molar-refractivity contribution in [3.63, 3.8) is 0 Å². The van der Waals surface area contributed by atoms with Gasteiger partial charge in [0, 0.05) is 31.4 Å². The van der Waals surface area contributed by atoms with E-state index in [-0.39, 0.29) is 12.1 Å². The molecule has 0 saturated carbocycles. The third-order valence-corrected chi connectivity index (χ3v) is 3.64. The minimum atomic E-state index is 0.0518. The van der Waals surface area contributed by atoms with E-state index in [9.17, 15) is 0 Å². The minimum absolute atomic E-state index is 0.0518. The molecule has 1 aliphatic rings. The van der Waals surface area contributed by atoms with Crippen LogP contribution in [0, 0.1) is 0 Å². The van der Waals surface area contributed by atoms with Crippen LogP contribution < -0.4 is 10.6 Å². The van der Waals surface area contributed by atoms with Crippen molar-refractivity contribution in [2.75, 3.05) is 24.6 Å². The van der Waals surface area contributed by atoms with E-state index in [4.69, 9.17) is 15.5 Å². The largest absolute Gasteiger partial charge is 0.373 e. The van der Waals surface area contributed by atoms with Crippen LogP contribution in [0.2, 0.25) is 0 Å². The second-order valence-corrected chi connectivity index (χ2v) is 5.60. The fraction of sp³-hybridized carbons (Fsp3) is 0.786. The van der Waals surface area contributed by atoms with Crippen molar-refractivity contribution in [1.82, 2.24) is 9.55 Å². The zero-order valence-corrected chi connectivity index (χ0v) is 12.5. The average molecular weight is 266 g/mol. The van der Waals surface area contributed by atoms with E-state index in [2.05, 4.69) is 36.4 Å². The maximum atomic E-state index is 5.96. The molecule has 2 atom stereocenters. The molecule has 1 aromatic rings. The Labute approximate surface area is 115 Å². The van der Waals surface area contributed by atoms with Gasteiger partial charge in [-0.25, -0.2) is 4.98 Å². The monoisotopic (exact) mass is 266 g/mol. The molecular formula is C14H26N4O. The highest BCUT2D eigenvalue weighted by atomic mass is 16.5. The molecule has 2 N–H and O–H groups in total. The number of ether oxygens (including phenoxy) is 1. The van der Waals surface area contributed by atoms with Gasteiger partial charge in [-0.3, -0.25) is 0 Å². The molecule has 1 fully saturated rings. The van der Waals surface area contributed by atoms with E-state index in [0.29, 0.717) is 6.04 Å². The second-order valence-electron chi connectivity index (χ2n) is 5.60. The van der Waals surface area contributed by atoms with Crippen LogP contribution in [0.25, 0.3) is 0 Å². The van der Waals surface area contributed by atoms with Crippen LogP contribution in [0.3, 0.4) is 0 Å². The lowest BCUT2D eigenvalue weighted by Gasteiger charge is -2.35. The summed E-state index contributed by atoms with van der Waals surface area (Å²) in [4.78, 5) is 7.06. The van der Waals surface area contributed by atoms with Gasteiger partial charge >= 0.3 is 0 Å². The molecule has 0 aliphatic carbocycles. The Morgan fingerprint density at radius 2 is 2.21 bits per heavy atom. The van der Waals surface area contributed by atoms with Crippen LogP contribution in [0.5, 0.6) is 0 Å². The molecule has 1 saturated heterocycles. The van der Waals surface area contributed by atoms with Crippen molar-refractivity contribution < 1.29 is 4.74 Å². The van der Waals surface area contributed by atoms with Gasteiger partial charge < -0.3 is 19.9 Å². The SMILES string of the molecule is CCc1cn(C(C)C)c(N2CCOC(C(C)N)C2)n1. The van der Waals surface area contributed by atoms with Gasteiger partial charge in [-0.15, -0.1) is 0 Å². The maximum Gasteiger partial charge on any atom is 0.206 e. The van der Waals surface area contributed by atoms with E-state index < -0.39 is 0 Å². The number of hydrogen-bond acceptors (Lipinski definition) is 4. The number of imidazole rings is 1. The zero-order valence-electron chi connectivity index (χ0n) is 12.5. The molecule has 108 valence electrons. The van der Waals surface area contributed by atoms with Crippen molar-refractivity contribution in [1.29, 1.82) is 0 Å². The summed E-state index contributed by atoms with van der Waals surface area (Å²) in [6.07, 6.45) is 3.22. The van der Waals surface area contributed by atoms with Crippen LogP contribution in [-0.4, -0.2) is 41.4 Å². The molecule has 1 aromatic heterocycles. The van der Waals surface area contributed by atoms with E-state index in [0.717, 1.165) is 37.8 Å². The Bertz CT molecular complexity index is 414. The molecule has 1 aliphatic heterocycles. The third-order valence-electron chi connectivity index (χ3n) is 3.64. The molecule has 0 spiro atoms. The number of nitrogens with two attached hydrogens (primary N) is 1. The highest BCUT2D eigenvalue weighted by molar-refractivity contribution is 5.35. The Kier molecular flexibility index (Phi) is 4.47. The van der Waals surface area contributed by atoms with Crippen LogP contribution in [0.1, 0.15) is 39.4 Å². The van der Waals surface area contributed by atoms with Gasteiger partial charge in [-0.05, 0) is 27.2 Å².